The summed E-state index contributed by atoms with van der Waals surface area (Å²) < 4.78 is 0. The maximum atomic E-state index is 11.7. The predicted molar refractivity (Wildman–Crippen MR) is 82.3 cm³/mol. The van der Waals surface area contributed by atoms with Crippen molar-refractivity contribution in [3.8, 4) is 0 Å². The molecule has 19 heavy (non-hydrogen) atoms. The van der Waals surface area contributed by atoms with E-state index in [1.165, 1.54) is 5.56 Å². The SMILES string of the molecule is CC(=O)[C@H](Cc1ccccc1)SSc1ccccn1. The topological polar surface area (TPSA) is 30.0 Å². The Morgan fingerprint density at radius 1 is 1.16 bits per heavy atom. The maximum Gasteiger partial charge on any atom is 0.143 e. The molecule has 98 valence electrons. The van der Waals surface area contributed by atoms with Gasteiger partial charge in [-0.25, -0.2) is 4.98 Å². The van der Waals surface area contributed by atoms with E-state index in [1.807, 2.05) is 36.4 Å². The molecule has 1 aromatic carbocycles. The Hall–Kier alpha value is -1.26. The zero-order valence-corrected chi connectivity index (χ0v) is 12.3. The van der Waals surface area contributed by atoms with Gasteiger partial charge in [0.05, 0.1) is 5.25 Å². The molecule has 0 fully saturated rings. The highest BCUT2D eigenvalue weighted by atomic mass is 33.1. The monoisotopic (exact) mass is 289 g/mol. The molecular weight excluding hydrogens is 274 g/mol. The third-order valence-corrected chi connectivity index (χ3v) is 5.34. The normalized spacial score (nSPS) is 12.1. The van der Waals surface area contributed by atoms with Crippen molar-refractivity contribution in [1.29, 1.82) is 0 Å². The van der Waals surface area contributed by atoms with Gasteiger partial charge in [-0.1, -0.05) is 47.2 Å². The van der Waals surface area contributed by atoms with Crippen LogP contribution in [0.15, 0.2) is 59.8 Å². The molecule has 2 rings (SSSR count). The van der Waals surface area contributed by atoms with Gasteiger partial charge in [-0.05, 0) is 41.8 Å². The van der Waals surface area contributed by atoms with E-state index in [9.17, 15) is 4.79 Å². The fourth-order valence-corrected chi connectivity index (χ4v) is 3.98. The summed E-state index contributed by atoms with van der Waals surface area (Å²) in [6, 6.07) is 15.9. The number of benzene rings is 1. The minimum absolute atomic E-state index is 0.0330. The summed E-state index contributed by atoms with van der Waals surface area (Å²) in [6.45, 7) is 1.65. The Morgan fingerprint density at radius 3 is 2.53 bits per heavy atom. The van der Waals surface area contributed by atoms with Crippen molar-refractivity contribution in [2.45, 2.75) is 23.6 Å². The fraction of sp³-hybridized carbons (Fsp3) is 0.200. The van der Waals surface area contributed by atoms with E-state index in [0.717, 1.165) is 11.4 Å². The molecule has 0 spiro atoms. The zero-order valence-electron chi connectivity index (χ0n) is 10.7. The number of nitrogens with zero attached hydrogens (tertiary/aromatic N) is 1. The average molecular weight is 289 g/mol. The van der Waals surface area contributed by atoms with Crippen LogP contribution in [-0.4, -0.2) is 16.0 Å². The first-order valence-corrected chi connectivity index (χ1v) is 8.26. The van der Waals surface area contributed by atoms with Gasteiger partial charge in [-0.15, -0.1) is 0 Å². The number of Topliss-reactive ketones (excluding diaryl/α,β-unsaturated/α-hetero) is 1. The van der Waals surface area contributed by atoms with Crippen molar-refractivity contribution in [3.05, 3.63) is 60.3 Å². The summed E-state index contributed by atoms with van der Waals surface area (Å²) in [4.78, 5) is 16.0. The van der Waals surface area contributed by atoms with Crippen LogP contribution in [-0.2, 0) is 11.2 Å². The summed E-state index contributed by atoms with van der Waals surface area (Å²) in [6.07, 6.45) is 2.53. The molecule has 0 bridgehead atoms. The lowest BCUT2D eigenvalue weighted by Crippen LogP contribution is -2.15. The molecule has 1 aromatic heterocycles. The first-order valence-electron chi connectivity index (χ1n) is 6.04. The molecule has 0 radical (unpaired) electrons. The molecule has 0 N–H and O–H groups in total. The Balaban J connectivity index is 1.95. The Labute approximate surface area is 121 Å². The molecule has 2 nitrogen and oxygen atoms in total. The first kappa shape index (κ1) is 14.2. The summed E-state index contributed by atoms with van der Waals surface area (Å²) in [7, 11) is 3.14. The standard InChI is InChI=1S/C15H15NOS2/c1-12(17)14(11-13-7-3-2-4-8-13)18-19-15-9-5-6-10-16-15/h2-10,14H,11H2,1H3/t14-/m0/s1. The van der Waals surface area contributed by atoms with Crippen LogP contribution in [0.1, 0.15) is 12.5 Å². The number of rotatable bonds is 6. The van der Waals surface area contributed by atoms with Gasteiger partial charge in [-0.2, -0.15) is 0 Å². The van der Waals surface area contributed by atoms with Crippen molar-refractivity contribution in [3.63, 3.8) is 0 Å². The molecule has 0 aliphatic heterocycles. The number of ketones is 1. The molecule has 0 saturated heterocycles. The maximum absolute atomic E-state index is 11.7. The fourth-order valence-electron chi connectivity index (χ4n) is 1.58. The molecule has 0 unspecified atom stereocenters. The number of aromatic nitrogens is 1. The van der Waals surface area contributed by atoms with E-state index in [4.69, 9.17) is 0 Å². The molecule has 0 amide bonds. The molecule has 0 saturated carbocycles. The molecule has 0 aliphatic carbocycles. The van der Waals surface area contributed by atoms with Crippen molar-refractivity contribution >= 4 is 27.4 Å². The lowest BCUT2D eigenvalue weighted by Gasteiger charge is -2.12. The minimum atomic E-state index is -0.0330. The van der Waals surface area contributed by atoms with Crippen LogP contribution in [0.25, 0.3) is 0 Å². The molecule has 2 aromatic rings. The highest BCUT2D eigenvalue weighted by Gasteiger charge is 2.16. The number of pyridine rings is 1. The van der Waals surface area contributed by atoms with Gasteiger partial charge < -0.3 is 0 Å². The van der Waals surface area contributed by atoms with E-state index in [-0.39, 0.29) is 11.0 Å². The molecule has 1 heterocycles. The highest BCUT2D eigenvalue weighted by Crippen LogP contribution is 2.34. The summed E-state index contributed by atoms with van der Waals surface area (Å²) in [5.41, 5.74) is 1.19. The van der Waals surface area contributed by atoms with Crippen LogP contribution < -0.4 is 0 Å². The Bertz CT molecular complexity index is 516. The van der Waals surface area contributed by atoms with Crippen LogP contribution in [0.5, 0.6) is 0 Å². The van der Waals surface area contributed by atoms with Crippen LogP contribution in [0, 0.1) is 0 Å². The van der Waals surface area contributed by atoms with E-state index in [1.54, 1.807) is 34.7 Å². The average Bonchev–Trinajstić information content (AvgIpc) is 2.45. The number of hydrogen-bond donors (Lipinski definition) is 0. The van der Waals surface area contributed by atoms with Gasteiger partial charge in [0.1, 0.15) is 10.8 Å². The first-order chi connectivity index (χ1) is 9.25. The van der Waals surface area contributed by atoms with Gasteiger partial charge in [-0.3, -0.25) is 4.79 Å². The quantitative estimate of drug-likeness (QED) is 0.751. The van der Waals surface area contributed by atoms with Gasteiger partial charge in [0, 0.05) is 6.20 Å². The third kappa shape index (κ3) is 4.73. The Morgan fingerprint density at radius 2 is 1.89 bits per heavy atom. The van der Waals surface area contributed by atoms with Crippen molar-refractivity contribution in [2.75, 3.05) is 0 Å². The van der Waals surface area contributed by atoms with E-state index in [0.29, 0.717) is 0 Å². The molecule has 1 atom stereocenters. The van der Waals surface area contributed by atoms with E-state index >= 15 is 0 Å². The summed E-state index contributed by atoms with van der Waals surface area (Å²) in [5.74, 6) is 0.206. The number of carbonyl (C=O) groups is 1. The Kier molecular flexibility index (Phi) is 5.48. The van der Waals surface area contributed by atoms with Crippen LogP contribution in [0.3, 0.4) is 0 Å². The van der Waals surface area contributed by atoms with Crippen molar-refractivity contribution in [1.82, 2.24) is 4.98 Å². The largest absolute Gasteiger partial charge is 0.299 e. The number of hydrogen-bond acceptors (Lipinski definition) is 4. The van der Waals surface area contributed by atoms with E-state index < -0.39 is 0 Å². The van der Waals surface area contributed by atoms with Crippen molar-refractivity contribution < 1.29 is 4.79 Å². The zero-order chi connectivity index (χ0) is 13.5. The lowest BCUT2D eigenvalue weighted by atomic mass is 10.1. The predicted octanol–water partition coefficient (Wildman–Crippen LogP) is 4.02. The molecule has 4 heteroatoms. The summed E-state index contributed by atoms with van der Waals surface area (Å²) >= 11 is 0. The lowest BCUT2D eigenvalue weighted by molar-refractivity contribution is -0.116. The second-order valence-electron chi connectivity index (χ2n) is 4.14. The van der Waals surface area contributed by atoms with Gasteiger partial charge in [0.15, 0.2) is 0 Å². The molecular formula is C15H15NOS2. The van der Waals surface area contributed by atoms with E-state index in [2.05, 4.69) is 17.1 Å². The second-order valence-corrected chi connectivity index (χ2v) is 6.56. The molecule has 0 aliphatic rings. The van der Waals surface area contributed by atoms with Gasteiger partial charge >= 0.3 is 0 Å². The van der Waals surface area contributed by atoms with Crippen LogP contribution in [0.2, 0.25) is 0 Å². The third-order valence-electron chi connectivity index (χ3n) is 2.60. The van der Waals surface area contributed by atoms with Gasteiger partial charge in [0.2, 0.25) is 0 Å². The minimum Gasteiger partial charge on any atom is -0.299 e. The van der Waals surface area contributed by atoms with Gasteiger partial charge in [0.25, 0.3) is 0 Å². The smallest absolute Gasteiger partial charge is 0.143 e. The summed E-state index contributed by atoms with van der Waals surface area (Å²) in [5, 5.41) is 0.904. The van der Waals surface area contributed by atoms with Crippen molar-refractivity contribution in [2.24, 2.45) is 0 Å². The second kappa shape index (κ2) is 7.36. The highest BCUT2D eigenvalue weighted by molar-refractivity contribution is 8.77. The number of carbonyl (C=O) groups excluding carboxylic acids is 1. The van der Waals surface area contributed by atoms with Crippen LogP contribution >= 0.6 is 21.6 Å². The van der Waals surface area contributed by atoms with Crippen LogP contribution in [0.4, 0.5) is 0 Å².